The van der Waals surface area contributed by atoms with Crippen LogP contribution in [0.15, 0.2) is 11.0 Å². The highest BCUT2D eigenvalue weighted by molar-refractivity contribution is 5.57. The summed E-state index contributed by atoms with van der Waals surface area (Å²) in [5.74, 6) is 0. The first-order chi connectivity index (χ1) is 6.07. The summed E-state index contributed by atoms with van der Waals surface area (Å²) in [6, 6.07) is 1.59. The lowest BCUT2D eigenvalue weighted by Gasteiger charge is -2.03. The molecular weight excluding hydrogens is 180 g/mol. The number of pyridine rings is 1. The van der Waals surface area contributed by atoms with Gasteiger partial charge in [-0.3, -0.25) is 4.79 Å². The molecule has 6 heteroatoms. The highest BCUT2D eigenvalue weighted by Crippen LogP contribution is 2.22. The van der Waals surface area contributed by atoms with Crippen LogP contribution < -0.4 is 11.3 Å². The van der Waals surface area contributed by atoms with E-state index in [1.165, 1.54) is 0 Å². The maximum absolute atomic E-state index is 12.2. The predicted molar refractivity (Wildman–Crippen MR) is 41.1 cm³/mol. The van der Waals surface area contributed by atoms with Crippen LogP contribution in [0.2, 0.25) is 0 Å². The van der Waals surface area contributed by atoms with Crippen LogP contribution in [0.3, 0.4) is 0 Å². The first-order valence-electron chi connectivity index (χ1n) is 3.27. The number of hydrogen-bond donors (Lipinski definition) is 2. The van der Waals surface area contributed by atoms with Crippen molar-refractivity contribution in [3.8, 4) is 6.07 Å². The minimum atomic E-state index is -2.97. The molecule has 1 heterocycles. The number of nitriles is 1. The number of halogens is 2. The molecule has 0 bridgehead atoms. The van der Waals surface area contributed by atoms with Gasteiger partial charge in [0.05, 0.1) is 11.3 Å². The van der Waals surface area contributed by atoms with E-state index >= 15 is 0 Å². The molecule has 0 fully saturated rings. The number of nitrogen functional groups attached to an aromatic ring is 1. The first kappa shape index (κ1) is 9.19. The average Bonchev–Trinajstić information content (AvgIpc) is 2.04. The maximum Gasteiger partial charge on any atom is 0.271 e. The Morgan fingerprint density at radius 1 is 1.62 bits per heavy atom. The maximum atomic E-state index is 12.2. The molecule has 13 heavy (non-hydrogen) atoms. The van der Waals surface area contributed by atoms with Crippen molar-refractivity contribution in [2.45, 2.75) is 6.43 Å². The van der Waals surface area contributed by atoms with Crippen molar-refractivity contribution in [2.24, 2.45) is 0 Å². The smallest absolute Gasteiger partial charge is 0.271 e. The number of aromatic amines is 1. The molecule has 0 aliphatic carbocycles. The Bertz CT molecular complexity index is 419. The van der Waals surface area contributed by atoms with Crippen molar-refractivity contribution in [3.05, 3.63) is 27.7 Å². The number of aromatic nitrogens is 1. The number of nitrogens with zero attached hydrogens (tertiary/aromatic N) is 1. The second kappa shape index (κ2) is 3.23. The van der Waals surface area contributed by atoms with E-state index in [1.807, 2.05) is 4.98 Å². The topological polar surface area (TPSA) is 82.7 Å². The molecule has 0 amide bonds. The van der Waals surface area contributed by atoms with Crippen molar-refractivity contribution in [1.29, 1.82) is 5.26 Å². The lowest BCUT2D eigenvalue weighted by atomic mass is 10.1. The Hall–Kier alpha value is -1.90. The van der Waals surface area contributed by atoms with Crippen molar-refractivity contribution in [3.63, 3.8) is 0 Å². The van der Waals surface area contributed by atoms with Gasteiger partial charge in [-0.15, -0.1) is 0 Å². The third-order valence-electron chi connectivity index (χ3n) is 1.51. The van der Waals surface area contributed by atoms with Gasteiger partial charge in [-0.05, 0) is 0 Å². The summed E-state index contributed by atoms with van der Waals surface area (Å²) in [6.45, 7) is 0. The predicted octanol–water partition coefficient (Wildman–Crippen LogP) is 0.766. The third kappa shape index (κ3) is 1.49. The number of anilines is 1. The number of hydrogen-bond acceptors (Lipinski definition) is 3. The molecule has 0 radical (unpaired) electrons. The van der Waals surface area contributed by atoms with Crippen molar-refractivity contribution in [1.82, 2.24) is 4.98 Å². The van der Waals surface area contributed by atoms with Crippen LogP contribution in [0.5, 0.6) is 0 Å². The van der Waals surface area contributed by atoms with Gasteiger partial charge in [0.25, 0.3) is 12.0 Å². The fraction of sp³-hybridized carbons (Fsp3) is 0.143. The van der Waals surface area contributed by atoms with E-state index in [4.69, 9.17) is 11.0 Å². The second-order valence-corrected chi connectivity index (χ2v) is 2.27. The Morgan fingerprint density at radius 3 is 2.69 bits per heavy atom. The zero-order valence-electron chi connectivity index (χ0n) is 6.34. The summed E-state index contributed by atoms with van der Waals surface area (Å²) < 4.78 is 24.4. The Morgan fingerprint density at radius 2 is 2.23 bits per heavy atom. The van der Waals surface area contributed by atoms with Gasteiger partial charge < -0.3 is 10.7 Å². The highest BCUT2D eigenvalue weighted by atomic mass is 19.3. The zero-order chi connectivity index (χ0) is 10.0. The molecule has 0 aliphatic heterocycles. The Kier molecular flexibility index (Phi) is 2.28. The van der Waals surface area contributed by atoms with Gasteiger partial charge in [-0.1, -0.05) is 0 Å². The van der Waals surface area contributed by atoms with Gasteiger partial charge in [0.1, 0.15) is 11.6 Å². The van der Waals surface area contributed by atoms with Gasteiger partial charge in [-0.25, -0.2) is 8.78 Å². The van der Waals surface area contributed by atoms with E-state index in [1.54, 1.807) is 6.07 Å². The molecule has 0 saturated heterocycles. The molecule has 0 spiro atoms. The first-order valence-corrected chi connectivity index (χ1v) is 3.27. The summed E-state index contributed by atoms with van der Waals surface area (Å²) in [5.41, 5.74) is 2.74. The van der Waals surface area contributed by atoms with E-state index in [9.17, 15) is 13.6 Å². The molecule has 68 valence electrons. The zero-order valence-corrected chi connectivity index (χ0v) is 6.34. The number of nitrogens with two attached hydrogens (primary N) is 1. The largest absolute Gasteiger partial charge is 0.397 e. The molecular formula is C7H5F2N3O. The number of alkyl halides is 2. The minimum Gasteiger partial charge on any atom is -0.397 e. The molecule has 0 aromatic carbocycles. The van der Waals surface area contributed by atoms with Gasteiger partial charge in [0.2, 0.25) is 0 Å². The Labute approximate surface area is 71.6 Å². The standard InChI is InChI=1S/C7H5F2N3O/c8-6(9)4-5(11)3(1-10)2-12-7(4)13/h2,6H,(H3,11,12,13). The van der Waals surface area contributed by atoms with E-state index in [2.05, 4.69) is 0 Å². The lowest BCUT2D eigenvalue weighted by molar-refractivity contribution is 0.150. The van der Waals surface area contributed by atoms with Gasteiger partial charge >= 0.3 is 0 Å². The summed E-state index contributed by atoms with van der Waals surface area (Å²) in [6.07, 6.45) is -1.97. The van der Waals surface area contributed by atoms with Crippen molar-refractivity contribution in [2.75, 3.05) is 5.73 Å². The molecule has 0 atom stereocenters. The quantitative estimate of drug-likeness (QED) is 0.677. The van der Waals surface area contributed by atoms with Crippen LogP contribution in [-0.2, 0) is 0 Å². The SMILES string of the molecule is N#Cc1c[nH]c(=O)c(C(F)F)c1N. The molecule has 1 aromatic rings. The molecule has 1 rings (SSSR count). The van der Waals surface area contributed by atoms with Gasteiger partial charge in [-0.2, -0.15) is 5.26 Å². The van der Waals surface area contributed by atoms with Crippen LogP contribution in [0.1, 0.15) is 17.6 Å². The van der Waals surface area contributed by atoms with E-state index in [-0.39, 0.29) is 5.56 Å². The van der Waals surface area contributed by atoms with E-state index < -0.39 is 23.2 Å². The third-order valence-corrected chi connectivity index (χ3v) is 1.51. The van der Waals surface area contributed by atoms with Crippen molar-refractivity contribution < 1.29 is 8.78 Å². The normalized spacial score (nSPS) is 10.0. The molecule has 3 N–H and O–H groups in total. The minimum absolute atomic E-state index is 0.158. The fourth-order valence-electron chi connectivity index (χ4n) is 0.870. The summed E-state index contributed by atoms with van der Waals surface area (Å²) in [7, 11) is 0. The van der Waals surface area contributed by atoms with Gasteiger partial charge in [0, 0.05) is 6.20 Å². The average molecular weight is 185 g/mol. The van der Waals surface area contributed by atoms with Gasteiger partial charge in [0.15, 0.2) is 0 Å². The fourth-order valence-corrected chi connectivity index (χ4v) is 0.870. The number of nitrogens with one attached hydrogen (secondary N) is 1. The Balaban J connectivity index is 3.50. The van der Waals surface area contributed by atoms with E-state index in [0.717, 1.165) is 6.20 Å². The summed E-state index contributed by atoms with van der Waals surface area (Å²) in [5, 5.41) is 8.42. The molecule has 4 nitrogen and oxygen atoms in total. The molecule has 0 saturated carbocycles. The van der Waals surface area contributed by atoms with Crippen LogP contribution in [-0.4, -0.2) is 4.98 Å². The van der Waals surface area contributed by atoms with Crippen LogP contribution in [0, 0.1) is 11.3 Å². The second-order valence-electron chi connectivity index (χ2n) is 2.27. The van der Waals surface area contributed by atoms with Crippen molar-refractivity contribution >= 4 is 5.69 Å². The molecule has 0 aliphatic rings. The lowest BCUT2D eigenvalue weighted by Crippen LogP contribution is -2.16. The molecule has 1 aromatic heterocycles. The molecule has 0 unspecified atom stereocenters. The van der Waals surface area contributed by atoms with Crippen LogP contribution >= 0.6 is 0 Å². The van der Waals surface area contributed by atoms with E-state index in [0.29, 0.717) is 0 Å². The number of H-pyrrole nitrogens is 1. The highest BCUT2D eigenvalue weighted by Gasteiger charge is 2.18. The van der Waals surface area contributed by atoms with Crippen LogP contribution in [0.25, 0.3) is 0 Å². The monoisotopic (exact) mass is 185 g/mol. The van der Waals surface area contributed by atoms with Crippen LogP contribution in [0.4, 0.5) is 14.5 Å². The number of rotatable bonds is 1. The summed E-state index contributed by atoms with van der Waals surface area (Å²) >= 11 is 0. The summed E-state index contributed by atoms with van der Waals surface area (Å²) in [4.78, 5) is 12.8.